The number of hydrogen-bond acceptors (Lipinski definition) is 2. The van der Waals surface area contributed by atoms with Crippen LogP contribution < -0.4 is 10.1 Å². The van der Waals surface area contributed by atoms with E-state index in [9.17, 15) is 13.6 Å². The number of rotatable bonds is 4. The smallest absolute Gasteiger partial charge is 0.399 e. The number of carbonyl (C=O) groups excluding carboxylic acids is 1. The molecule has 0 saturated heterocycles. The van der Waals surface area contributed by atoms with E-state index in [2.05, 4.69) is 11.6 Å². The highest BCUT2D eigenvalue weighted by molar-refractivity contribution is 6.32. The van der Waals surface area contributed by atoms with Gasteiger partial charge in [-0.3, -0.25) is 4.79 Å². The standard InChI is InChI=1S/C10H10ClF2NO2/c1-16-8-4-2-7(3-5-8)6-14-9(15)10(11,12)13/h2-5H,6H2,1H3,(H,14,15). The molecule has 1 rings (SSSR count). The summed E-state index contributed by atoms with van der Waals surface area (Å²) in [6, 6.07) is 6.65. The van der Waals surface area contributed by atoms with E-state index in [4.69, 9.17) is 4.74 Å². The van der Waals surface area contributed by atoms with Gasteiger partial charge in [0.05, 0.1) is 7.11 Å². The normalized spacial score (nSPS) is 11.0. The van der Waals surface area contributed by atoms with Crippen LogP contribution in [0, 0.1) is 0 Å². The van der Waals surface area contributed by atoms with Crippen molar-refractivity contribution in [1.29, 1.82) is 0 Å². The average molecular weight is 250 g/mol. The van der Waals surface area contributed by atoms with Gasteiger partial charge >= 0.3 is 11.3 Å². The van der Waals surface area contributed by atoms with Crippen LogP contribution in [-0.2, 0) is 11.3 Å². The summed E-state index contributed by atoms with van der Waals surface area (Å²) in [5.41, 5.74) is 0.676. The van der Waals surface area contributed by atoms with Gasteiger partial charge in [0, 0.05) is 6.54 Å². The number of hydrogen-bond donors (Lipinski definition) is 1. The van der Waals surface area contributed by atoms with E-state index in [1.165, 1.54) is 7.11 Å². The Hall–Kier alpha value is -1.36. The van der Waals surface area contributed by atoms with E-state index in [1.807, 2.05) is 5.32 Å². The van der Waals surface area contributed by atoms with Crippen molar-refractivity contribution in [3.05, 3.63) is 29.8 Å². The maximum atomic E-state index is 12.3. The molecule has 0 unspecified atom stereocenters. The molecule has 0 bridgehead atoms. The molecule has 0 spiro atoms. The third-order valence-corrected chi connectivity index (χ3v) is 2.04. The van der Waals surface area contributed by atoms with Gasteiger partial charge in [-0.1, -0.05) is 12.1 Å². The van der Waals surface area contributed by atoms with E-state index < -0.39 is 11.3 Å². The van der Waals surface area contributed by atoms with Crippen molar-refractivity contribution in [2.24, 2.45) is 0 Å². The Balaban J connectivity index is 2.52. The number of nitrogens with one attached hydrogen (secondary N) is 1. The molecule has 0 atom stereocenters. The SMILES string of the molecule is COc1ccc(CNC(=O)C(F)(F)Cl)cc1. The van der Waals surface area contributed by atoms with Crippen LogP contribution in [0.4, 0.5) is 8.78 Å². The summed E-state index contributed by atoms with van der Waals surface area (Å²) in [6.07, 6.45) is 0. The Morgan fingerprint density at radius 2 is 2.00 bits per heavy atom. The molecule has 1 aromatic rings. The van der Waals surface area contributed by atoms with E-state index in [0.717, 1.165) is 0 Å². The molecule has 1 amide bonds. The molecule has 0 heterocycles. The van der Waals surface area contributed by atoms with Gasteiger partial charge in [-0.15, -0.1) is 0 Å². The number of alkyl halides is 3. The fourth-order valence-corrected chi connectivity index (χ4v) is 1.09. The number of benzene rings is 1. The molecule has 6 heteroatoms. The molecule has 88 valence electrons. The highest BCUT2D eigenvalue weighted by atomic mass is 35.5. The Morgan fingerprint density at radius 1 is 1.44 bits per heavy atom. The van der Waals surface area contributed by atoms with Gasteiger partial charge in [0.1, 0.15) is 5.75 Å². The van der Waals surface area contributed by atoms with Crippen LogP contribution in [0.5, 0.6) is 5.75 Å². The summed E-state index contributed by atoms with van der Waals surface area (Å²) in [4.78, 5) is 10.7. The van der Waals surface area contributed by atoms with Gasteiger partial charge in [0.2, 0.25) is 0 Å². The fourth-order valence-electron chi connectivity index (χ4n) is 1.03. The van der Waals surface area contributed by atoms with Crippen LogP contribution in [0.2, 0.25) is 0 Å². The zero-order valence-corrected chi connectivity index (χ0v) is 9.22. The summed E-state index contributed by atoms with van der Waals surface area (Å²) >= 11 is 4.53. The van der Waals surface area contributed by atoms with Crippen LogP contribution in [0.25, 0.3) is 0 Å². The predicted molar refractivity (Wildman–Crippen MR) is 55.6 cm³/mol. The van der Waals surface area contributed by atoms with E-state index >= 15 is 0 Å². The lowest BCUT2D eigenvalue weighted by Gasteiger charge is -2.09. The Bertz CT molecular complexity index is 362. The second kappa shape index (κ2) is 5.12. The van der Waals surface area contributed by atoms with E-state index in [1.54, 1.807) is 24.3 Å². The predicted octanol–water partition coefficient (Wildman–Crippen LogP) is 2.14. The first-order chi connectivity index (χ1) is 7.43. The Morgan fingerprint density at radius 3 is 2.44 bits per heavy atom. The Labute approximate surface area is 96.4 Å². The summed E-state index contributed by atoms with van der Waals surface area (Å²) in [6.45, 7) is -0.00879. The second-order valence-corrected chi connectivity index (χ2v) is 3.50. The molecule has 0 fully saturated rings. The number of ether oxygens (including phenoxy) is 1. The molecule has 1 aromatic carbocycles. The molecule has 16 heavy (non-hydrogen) atoms. The topological polar surface area (TPSA) is 38.3 Å². The summed E-state index contributed by atoms with van der Waals surface area (Å²) in [7, 11) is 1.52. The molecule has 1 N–H and O–H groups in total. The average Bonchev–Trinajstić information content (AvgIpc) is 2.25. The number of carbonyl (C=O) groups is 1. The number of amides is 1. The maximum absolute atomic E-state index is 12.3. The van der Waals surface area contributed by atoms with Crippen molar-refractivity contribution < 1.29 is 18.3 Å². The lowest BCUT2D eigenvalue weighted by molar-refractivity contribution is -0.135. The van der Waals surface area contributed by atoms with Crippen LogP contribution in [0.3, 0.4) is 0 Å². The molecular formula is C10H10ClF2NO2. The van der Waals surface area contributed by atoms with Crippen LogP contribution in [-0.4, -0.2) is 18.4 Å². The highest BCUT2D eigenvalue weighted by Crippen LogP contribution is 2.18. The monoisotopic (exact) mass is 249 g/mol. The maximum Gasteiger partial charge on any atom is 0.399 e. The quantitative estimate of drug-likeness (QED) is 0.831. The minimum Gasteiger partial charge on any atom is -0.497 e. The first kappa shape index (κ1) is 12.7. The summed E-state index contributed by atoms with van der Waals surface area (Å²) in [5.74, 6) is -0.859. The molecule has 0 aliphatic heterocycles. The summed E-state index contributed by atoms with van der Waals surface area (Å²) in [5, 5.41) is -1.85. The van der Waals surface area contributed by atoms with Crippen molar-refractivity contribution in [2.45, 2.75) is 11.9 Å². The van der Waals surface area contributed by atoms with Crippen molar-refractivity contribution in [1.82, 2.24) is 5.32 Å². The molecule has 3 nitrogen and oxygen atoms in total. The van der Waals surface area contributed by atoms with Gasteiger partial charge in [0.25, 0.3) is 0 Å². The van der Waals surface area contributed by atoms with Gasteiger partial charge < -0.3 is 10.1 Å². The van der Waals surface area contributed by atoms with Crippen LogP contribution in [0.15, 0.2) is 24.3 Å². The molecule has 0 radical (unpaired) electrons. The zero-order chi connectivity index (χ0) is 12.2. The number of methoxy groups -OCH3 is 1. The zero-order valence-electron chi connectivity index (χ0n) is 8.47. The minimum absolute atomic E-state index is 0.00879. The molecule has 0 aliphatic carbocycles. The minimum atomic E-state index is -3.87. The first-order valence-corrected chi connectivity index (χ1v) is 4.79. The van der Waals surface area contributed by atoms with E-state index in [0.29, 0.717) is 11.3 Å². The molecular weight excluding hydrogens is 240 g/mol. The van der Waals surface area contributed by atoms with Crippen molar-refractivity contribution in [2.75, 3.05) is 7.11 Å². The van der Waals surface area contributed by atoms with Crippen LogP contribution >= 0.6 is 11.6 Å². The van der Waals surface area contributed by atoms with Gasteiger partial charge in [0.15, 0.2) is 0 Å². The Kier molecular flexibility index (Phi) is 4.06. The molecule has 0 aromatic heterocycles. The van der Waals surface area contributed by atoms with Crippen LogP contribution in [0.1, 0.15) is 5.56 Å². The molecule has 0 aliphatic rings. The van der Waals surface area contributed by atoms with Crippen molar-refractivity contribution >= 4 is 17.5 Å². The van der Waals surface area contributed by atoms with Gasteiger partial charge in [-0.2, -0.15) is 8.78 Å². The largest absolute Gasteiger partial charge is 0.497 e. The number of halogens is 3. The van der Waals surface area contributed by atoms with E-state index in [-0.39, 0.29) is 6.54 Å². The second-order valence-electron chi connectivity index (χ2n) is 3.03. The van der Waals surface area contributed by atoms with Gasteiger partial charge in [-0.05, 0) is 29.3 Å². The molecule has 0 saturated carbocycles. The lowest BCUT2D eigenvalue weighted by atomic mass is 10.2. The van der Waals surface area contributed by atoms with Crippen molar-refractivity contribution in [3.63, 3.8) is 0 Å². The summed E-state index contributed by atoms with van der Waals surface area (Å²) < 4.78 is 29.5. The lowest BCUT2D eigenvalue weighted by Crippen LogP contribution is -2.35. The third kappa shape index (κ3) is 3.66. The first-order valence-electron chi connectivity index (χ1n) is 4.41. The van der Waals surface area contributed by atoms with Gasteiger partial charge in [-0.25, -0.2) is 0 Å². The highest BCUT2D eigenvalue weighted by Gasteiger charge is 2.35. The fraction of sp³-hybridized carbons (Fsp3) is 0.300. The van der Waals surface area contributed by atoms with Crippen molar-refractivity contribution in [3.8, 4) is 5.75 Å². The third-order valence-electron chi connectivity index (χ3n) is 1.87.